The van der Waals surface area contributed by atoms with Crippen molar-refractivity contribution in [3.63, 3.8) is 0 Å². The van der Waals surface area contributed by atoms with E-state index in [4.69, 9.17) is 5.73 Å². The Labute approximate surface area is 150 Å². The minimum Gasteiger partial charge on any atom is -0.352 e. The van der Waals surface area contributed by atoms with Gasteiger partial charge in [0.1, 0.15) is 5.82 Å². The normalized spacial score (nSPS) is 29.5. The Hall–Kier alpha value is -1.13. The van der Waals surface area contributed by atoms with Crippen LogP contribution in [0.4, 0.5) is 4.39 Å². The molecule has 2 fully saturated rings. The van der Waals surface area contributed by atoms with Crippen molar-refractivity contribution < 1.29 is 9.18 Å². The molecule has 0 saturated heterocycles. The number of halogens is 2. The molecule has 5 heteroatoms. The number of carbonyl (C=O) groups excluding carboxylic acids is 1. The molecule has 0 heterocycles. The first-order valence-electron chi connectivity index (χ1n) is 8.70. The lowest BCUT2D eigenvalue weighted by atomic mass is 9.66. The number of hydrogen-bond acceptors (Lipinski definition) is 2. The van der Waals surface area contributed by atoms with Crippen LogP contribution >= 0.6 is 12.4 Å². The van der Waals surface area contributed by atoms with E-state index in [9.17, 15) is 9.18 Å². The Morgan fingerprint density at radius 2 is 1.71 bits per heavy atom. The van der Waals surface area contributed by atoms with E-state index in [0.717, 1.165) is 31.2 Å². The summed E-state index contributed by atoms with van der Waals surface area (Å²) >= 11 is 0. The second-order valence-corrected chi connectivity index (χ2v) is 7.81. The molecular formula is C19H28ClFN2O. The van der Waals surface area contributed by atoms with E-state index >= 15 is 0 Å². The highest BCUT2D eigenvalue weighted by molar-refractivity contribution is 5.87. The van der Waals surface area contributed by atoms with Gasteiger partial charge in [0.2, 0.25) is 5.91 Å². The minimum absolute atomic E-state index is 0. The van der Waals surface area contributed by atoms with E-state index < -0.39 is 5.41 Å². The summed E-state index contributed by atoms with van der Waals surface area (Å²) in [5, 5.41) is 3.31. The molecule has 2 unspecified atom stereocenters. The summed E-state index contributed by atoms with van der Waals surface area (Å²) in [6.07, 6.45) is 5.59. The summed E-state index contributed by atoms with van der Waals surface area (Å²) < 4.78 is 13.1. The smallest absolute Gasteiger partial charge is 0.230 e. The summed E-state index contributed by atoms with van der Waals surface area (Å²) in [6, 6.07) is 6.76. The minimum atomic E-state index is -0.665. The Bertz CT molecular complexity index is 561. The van der Waals surface area contributed by atoms with Gasteiger partial charge in [0.05, 0.1) is 5.41 Å². The van der Waals surface area contributed by atoms with Crippen molar-refractivity contribution in [1.82, 2.24) is 5.32 Å². The average molecular weight is 355 g/mol. The number of hydrogen-bond donors (Lipinski definition) is 2. The van der Waals surface area contributed by atoms with E-state index in [1.54, 1.807) is 12.1 Å². The number of fused-ring (bicyclic) bond motifs is 2. The number of carbonyl (C=O) groups is 1. The van der Waals surface area contributed by atoms with Crippen LogP contribution in [-0.4, -0.2) is 18.0 Å². The van der Waals surface area contributed by atoms with Gasteiger partial charge in [0.25, 0.3) is 0 Å². The van der Waals surface area contributed by atoms with Crippen LogP contribution in [0.25, 0.3) is 0 Å². The van der Waals surface area contributed by atoms with E-state index in [2.05, 4.69) is 5.32 Å². The third kappa shape index (κ3) is 3.75. The van der Waals surface area contributed by atoms with Gasteiger partial charge in [-0.2, -0.15) is 0 Å². The van der Waals surface area contributed by atoms with Gasteiger partial charge in [-0.3, -0.25) is 4.79 Å². The lowest BCUT2D eigenvalue weighted by Gasteiger charge is -2.46. The van der Waals surface area contributed by atoms with Crippen molar-refractivity contribution in [2.24, 2.45) is 17.6 Å². The van der Waals surface area contributed by atoms with Gasteiger partial charge in [-0.25, -0.2) is 4.39 Å². The fourth-order valence-corrected chi connectivity index (χ4v) is 4.35. The molecule has 1 aromatic carbocycles. The molecule has 3 nitrogen and oxygen atoms in total. The highest BCUT2D eigenvalue weighted by Crippen LogP contribution is 2.40. The van der Waals surface area contributed by atoms with E-state index in [1.807, 2.05) is 13.8 Å². The summed E-state index contributed by atoms with van der Waals surface area (Å²) in [7, 11) is 0. The molecule has 24 heavy (non-hydrogen) atoms. The first-order valence-corrected chi connectivity index (χ1v) is 8.70. The zero-order valence-electron chi connectivity index (χ0n) is 14.4. The largest absolute Gasteiger partial charge is 0.352 e. The third-order valence-corrected chi connectivity index (χ3v) is 5.81. The van der Waals surface area contributed by atoms with Gasteiger partial charge in [0.15, 0.2) is 0 Å². The summed E-state index contributed by atoms with van der Waals surface area (Å²) in [5.41, 5.74) is 6.34. The van der Waals surface area contributed by atoms with Crippen LogP contribution in [0.2, 0.25) is 0 Å². The zero-order chi connectivity index (χ0) is 16.6. The molecule has 134 valence electrons. The second-order valence-electron chi connectivity index (χ2n) is 7.81. The number of rotatable bonds is 3. The quantitative estimate of drug-likeness (QED) is 0.872. The van der Waals surface area contributed by atoms with E-state index in [1.165, 1.54) is 18.6 Å². The first-order chi connectivity index (χ1) is 10.9. The van der Waals surface area contributed by atoms with E-state index in [-0.39, 0.29) is 36.2 Å². The number of amides is 1. The molecule has 2 aliphatic carbocycles. The monoisotopic (exact) mass is 354 g/mol. The second kappa shape index (κ2) is 7.40. The summed E-state index contributed by atoms with van der Waals surface area (Å²) in [4.78, 5) is 12.9. The van der Waals surface area contributed by atoms with Crippen LogP contribution in [0.1, 0.15) is 51.5 Å². The molecule has 2 atom stereocenters. The Balaban J connectivity index is 0.00000208. The van der Waals surface area contributed by atoms with E-state index in [0.29, 0.717) is 11.8 Å². The van der Waals surface area contributed by atoms with Crippen LogP contribution in [0.5, 0.6) is 0 Å². The number of nitrogens with two attached hydrogens (primary N) is 1. The predicted molar refractivity (Wildman–Crippen MR) is 96.6 cm³/mol. The molecule has 0 aliphatic heterocycles. The van der Waals surface area contributed by atoms with Crippen LogP contribution < -0.4 is 11.1 Å². The molecule has 3 N–H and O–H groups in total. The van der Waals surface area contributed by atoms with Crippen molar-refractivity contribution in [2.75, 3.05) is 0 Å². The molecule has 2 bridgehead atoms. The highest BCUT2D eigenvalue weighted by atomic mass is 35.5. The van der Waals surface area contributed by atoms with Crippen LogP contribution in [0, 0.1) is 17.7 Å². The molecule has 0 aromatic heterocycles. The number of nitrogens with one attached hydrogen (secondary N) is 1. The molecular weight excluding hydrogens is 327 g/mol. The maximum atomic E-state index is 13.1. The molecule has 0 radical (unpaired) electrons. The molecule has 2 aliphatic rings. The summed E-state index contributed by atoms with van der Waals surface area (Å²) in [5.74, 6) is 0.762. The molecule has 0 spiro atoms. The average Bonchev–Trinajstić information content (AvgIpc) is 2.48. The maximum absolute atomic E-state index is 13.1. The van der Waals surface area contributed by atoms with Gasteiger partial charge >= 0.3 is 0 Å². The first kappa shape index (κ1) is 19.2. The fourth-order valence-electron chi connectivity index (χ4n) is 4.35. The molecule has 3 rings (SSSR count). The highest BCUT2D eigenvalue weighted by Gasteiger charge is 2.42. The van der Waals surface area contributed by atoms with Crippen molar-refractivity contribution in [3.05, 3.63) is 35.6 Å². The lowest BCUT2D eigenvalue weighted by molar-refractivity contribution is -0.128. The fraction of sp³-hybridized carbons (Fsp3) is 0.632. The van der Waals surface area contributed by atoms with Crippen molar-refractivity contribution in [2.45, 2.75) is 63.5 Å². The van der Waals surface area contributed by atoms with Gasteiger partial charge in [0, 0.05) is 12.1 Å². The topological polar surface area (TPSA) is 55.1 Å². The molecule has 1 amide bonds. The Morgan fingerprint density at radius 3 is 2.25 bits per heavy atom. The van der Waals surface area contributed by atoms with Crippen LogP contribution in [-0.2, 0) is 10.2 Å². The number of benzene rings is 1. The Morgan fingerprint density at radius 1 is 1.17 bits per heavy atom. The third-order valence-electron chi connectivity index (χ3n) is 5.81. The van der Waals surface area contributed by atoms with Crippen molar-refractivity contribution in [3.8, 4) is 0 Å². The van der Waals surface area contributed by atoms with Gasteiger partial charge < -0.3 is 11.1 Å². The van der Waals surface area contributed by atoms with Gasteiger partial charge in [-0.1, -0.05) is 18.6 Å². The zero-order valence-corrected chi connectivity index (χ0v) is 15.2. The maximum Gasteiger partial charge on any atom is 0.230 e. The van der Waals surface area contributed by atoms with Gasteiger partial charge in [-0.05, 0) is 69.1 Å². The predicted octanol–water partition coefficient (Wildman–Crippen LogP) is 3.55. The summed E-state index contributed by atoms with van der Waals surface area (Å²) in [6.45, 7) is 3.81. The van der Waals surface area contributed by atoms with Crippen molar-refractivity contribution in [1.29, 1.82) is 0 Å². The molecule has 1 aromatic rings. The SMILES string of the molecule is CC(C)(C(=O)NC1C2CCCC1CC(N)C2)c1ccc(F)cc1.Cl. The van der Waals surface area contributed by atoms with Crippen molar-refractivity contribution >= 4 is 18.3 Å². The lowest BCUT2D eigenvalue weighted by Crippen LogP contribution is -2.56. The molecule has 2 saturated carbocycles. The standard InChI is InChI=1S/C19H27FN2O.ClH/c1-19(2,14-6-8-15(20)9-7-14)18(23)22-17-12-4-3-5-13(17)11-16(21)10-12;/h6-9,12-13,16-17H,3-5,10-11,21H2,1-2H3,(H,22,23);1H. The Kier molecular flexibility index (Phi) is 5.92. The van der Waals surface area contributed by atoms with Gasteiger partial charge in [-0.15, -0.1) is 12.4 Å². The van der Waals surface area contributed by atoms with Crippen LogP contribution in [0.15, 0.2) is 24.3 Å². The van der Waals surface area contributed by atoms with Crippen LogP contribution in [0.3, 0.4) is 0 Å².